The maximum Gasteiger partial charge on any atom is 0.171 e. The van der Waals surface area contributed by atoms with Gasteiger partial charge < -0.3 is 15.2 Å². The fraction of sp³-hybridized carbons (Fsp3) is 0.250. The molecule has 0 aliphatic heterocycles. The first-order chi connectivity index (χ1) is 7.58. The van der Waals surface area contributed by atoms with Crippen LogP contribution in [0, 0.1) is 6.92 Å². The van der Waals surface area contributed by atoms with Gasteiger partial charge in [-0.3, -0.25) is 0 Å². The van der Waals surface area contributed by atoms with Crippen molar-refractivity contribution in [2.75, 3.05) is 24.7 Å². The van der Waals surface area contributed by atoms with E-state index >= 15 is 0 Å². The second-order valence-corrected chi connectivity index (χ2v) is 4.03. The van der Waals surface area contributed by atoms with Crippen molar-refractivity contribution in [3.05, 3.63) is 29.8 Å². The van der Waals surface area contributed by atoms with Crippen LogP contribution in [0.15, 0.2) is 28.8 Å². The van der Waals surface area contributed by atoms with Crippen LogP contribution in [0.4, 0.5) is 11.5 Å². The quantitative estimate of drug-likeness (QED) is 0.838. The van der Waals surface area contributed by atoms with E-state index in [9.17, 15) is 0 Å². The van der Waals surface area contributed by atoms with Crippen molar-refractivity contribution >= 4 is 11.5 Å². The average Bonchev–Trinajstić information content (AvgIpc) is 2.64. The van der Waals surface area contributed by atoms with Crippen LogP contribution in [0.2, 0.25) is 0 Å². The van der Waals surface area contributed by atoms with Crippen LogP contribution in [0.5, 0.6) is 0 Å². The summed E-state index contributed by atoms with van der Waals surface area (Å²) in [6, 6.07) is 7.90. The Labute approximate surface area is 94.6 Å². The minimum absolute atomic E-state index is 0.403. The van der Waals surface area contributed by atoms with Gasteiger partial charge in [-0.15, -0.1) is 0 Å². The molecular formula is C12H15N3O. The Hall–Kier alpha value is -1.97. The Bertz CT molecular complexity index is 503. The van der Waals surface area contributed by atoms with Crippen molar-refractivity contribution in [3.63, 3.8) is 0 Å². The molecule has 0 fully saturated rings. The van der Waals surface area contributed by atoms with Gasteiger partial charge in [-0.2, -0.15) is 0 Å². The van der Waals surface area contributed by atoms with Crippen molar-refractivity contribution in [1.29, 1.82) is 0 Å². The summed E-state index contributed by atoms with van der Waals surface area (Å²) in [5.74, 6) is 1.10. The largest absolute Gasteiger partial charge is 0.381 e. The van der Waals surface area contributed by atoms with Crippen LogP contribution in [-0.4, -0.2) is 19.3 Å². The number of nitrogen functional groups attached to an aromatic ring is 1. The molecule has 1 aromatic heterocycles. The minimum atomic E-state index is 0.403. The van der Waals surface area contributed by atoms with E-state index in [4.69, 9.17) is 10.3 Å². The van der Waals surface area contributed by atoms with E-state index in [2.05, 4.69) is 18.1 Å². The first kappa shape index (κ1) is 10.5. The number of rotatable bonds is 2. The first-order valence-corrected chi connectivity index (χ1v) is 5.08. The van der Waals surface area contributed by atoms with Crippen LogP contribution in [-0.2, 0) is 0 Å². The molecule has 0 saturated carbocycles. The lowest BCUT2D eigenvalue weighted by Gasteiger charge is -2.16. The molecular weight excluding hydrogens is 202 g/mol. The maximum absolute atomic E-state index is 5.55. The Balaban J connectivity index is 2.56. The highest BCUT2D eigenvalue weighted by Crippen LogP contribution is 2.31. The third-order valence-electron chi connectivity index (χ3n) is 2.43. The summed E-state index contributed by atoms with van der Waals surface area (Å²) in [7, 11) is 4.00. The number of aromatic nitrogens is 1. The molecule has 0 saturated heterocycles. The molecule has 16 heavy (non-hydrogen) atoms. The monoisotopic (exact) mass is 217 g/mol. The number of hydrogen-bond acceptors (Lipinski definition) is 4. The molecule has 0 aliphatic rings. The van der Waals surface area contributed by atoms with Crippen molar-refractivity contribution < 1.29 is 4.52 Å². The highest BCUT2D eigenvalue weighted by Gasteiger charge is 2.11. The number of benzene rings is 1. The van der Waals surface area contributed by atoms with Gasteiger partial charge in [0.15, 0.2) is 11.6 Å². The standard InChI is InChI=1S/C12H15N3O/c1-8-4-5-9(10(6-8)15(2)3)11-7-12(13)14-16-11/h4-7H,1-3H3,(H2,13,14). The fourth-order valence-corrected chi connectivity index (χ4v) is 1.64. The second-order valence-electron chi connectivity index (χ2n) is 4.03. The number of anilines is 2. The lowest BCUT2D eigenvalue weighted by Crippen LogP contribution is -2.10. The Morgan fingerprint density at radius 3 is 2.56 bits per heavy atom. The molecule has 84 valence electrons. The Morgan fingerprint density at radius 1 is 1.25 bits per heavy atom. The highest BCUT2D eigenvalue weighted by molar-refractivity contribution is 5.76. The molecule has 1 heterocycles. The Kier molecular flexibility index (Phi) is 2.56. The molecule has 4 nitrogen and oxygen atoms in total. The van der Waals surface area contributed by atoms with Crippen LogP contribution in [0.3, 0.4) is 0 Å². The van der Waals surface area contributed by atoms with Gasteiger partial charge in [-0.05, 0) is 24.6 Å². The lowest BCUT2D eigenvalue weighted by molar-refractivity contribution is 0.436. The average molecular weight is 217 g/mol. The zero-order valence-electron chi connectivity index (χ0n) is 9.69. The molecule has 0 radical (unpaired) electrons. The van der Waals surface area contributed by atoms with E-state index in [-0.39, 0.29) is 0 Å². The van der Waals surface area contributed by atoms with Crippen LogP contribution >= 0.6 is 0 Å². The number of aryl methyl sites for hydroxylation is 1. The molecule has 0 aliphatic carbocycles. The summed E-state index contributed by atoms with van der Waals surface area (Å²) in [6.07, 6.45) is 0. The SMILES string of the molecule is Cc1ccc(-c2cc(N)no2)c(N(C)C)c1. The summed E-state index contributed by atoms with van der Waals surface area (Å²) >= 11 is 0. The van der Waals surface area contributed by atoms with Gasteiger partial charge in [0.1, 0.15) is 0 Å². The molecule has 0 spiro atoms. The van der Waals surface area contributed by atoms with Gasteiger partial charge in [0.2, 0.25) is 0 Å². The topological polar surface area (TPSA) is 55.3 Å². The molecule has 0 unspecified atom stereocenters. The smallest absolute Gasteiger partial charge is 0.171 e. The highest BCUT2D eigenvalue weighted by atomic mass is 16.5. The Morgan fingerprint density at radius 2 is 2.00 bits per heavy atom. The molecule has 0 atom stereocenters. The summed E-state index contributed by atoms with van der Waals surface area (Å²) in [5, 5.41) is 3.70. The van der Waals surface area contributed by atoms with Gasteiger partial charge in [-0.1, -0.05) is 11.2 Å². The second kappa shape index (κ2) is 3.89. The summed E-state index contributed by atoms with van der Waals surface area (Å²) in [5.41, 5.74) is 8.86. The lowest BCUT2D eigenvalue weighted by atomic mass is 10.1. The summed E-state index contributed by atoms with van der Waals surface area (Å²) in [4.78, 5) is 2.04. The molecule has 2 aromatic rings. The molecule has 2 N–H and O–H groups in total. The number of nitrogens with two attached hydrogens (primary N) is 1. The van der Waals surface area contributed by atoms with E-state index < -0.39 is 0 Å². The summed E-state index contributed by atoms with van der Waals surface area (Å²) in [6.45, 7) is 2.06. The first-order valence-electron chi connectivity index (χ1n) is 5.08. The van der Waals surface area contributed by atoms with E-state index in [1.165, 1.54) is 5.56 Å². The van der Waals surface area contributed by atoms with Crippen molar-refractivity contribution in [2.24, 2.45) is 0 Å². The van der Waals surface area contributed by atoms with Gasteiger partial charge >= 0.3 is 0 Å². The molecule has 0 amide bonds. The van der Waals surface area contributed by atoms with Crippen LogP contribution < -0.4 is 10.6 Å². The predicted octanol–water partition coefficient (Wildman–Crippen LogP) is 2.30. The molecule has 4 heteroatoms. The predicted molar refractivity (Wildman–Crippen MR) is 65.4 cm³/mol. The van der Waals surface area contributed by atoms with Crippen molar-refractivity contribution in [2.45, 2.75) is 6.92 Å². The van der Waals surface area contributed by atoms with Crippen molar-refractivity contribution in [3.8, 4) is 11.3 Å². The van der Waals surface area contributed by atoms with Gasteiger partial charge in [0.05, 0.1) is 0 Å². The van der Waals surface area contributed by atoms with E-state index in [1.54, 1.807) is 6.07 Å². The fourth-order valence-electron chi connectivity index (χ4n) is 1.64. The van der Waals surface area contributed by atoms with Crippen molar-refractivity contribution in [1.82, 2.24) is 5.16 Å². The third-order valence-corrected chi connectivity index (χ3v) is 2.43. The van der Waals surface area contributed by atoms with Gasteiger partial charge in [0.25, 0.3) is 0 Å². The number of nitrogens with zero attached hydrogens (tertiary/aromatic N) is 2. The van der Waals surface area contributed by atoms with E-state index in [0.29, 0.717) is 11.6 Å². The van der Waals surface area contributed by atoms with E-state index in [1.807, 2.05) is 31.1 Å². The maximum atomic E-state index is 5.55. The van der Waals surface area contributed by atoms with Gasteiger partial charge in [-0.25, -0.2) is 0 Å². The van der Waals surface area contributed by atoms with Gasteiger partial charge in [0, 0.05) is 31.4 Å². The van der Waals surface area contributed by atoms with Crippen LogP contribution in [0.1, 0.15) is 5.56 Å². The third kappa shape index (κ3) is 1.86. The van der Waals surface area contributed by atoms with E-state index in [0.717, 1.165) is 11.3 Å². The minimum Gasteiger partial charge on any atom is -0.381 e. The zero-order chi connectivity index (χ0) is 11.7. The molecule has 0 bridgehead atoms. The number of hydrogen-bond donors (Lipinski definition) is 1. The zero-order valence-corrected chi connectivity index (χ0v) is 9.69. The summed E-state index contributed by atoms with van der Waals surface area (Å²) < 4.78 is 5.18. The molecule has 2 rings (SSSR count). The van der Waals surface area contributed by atoms with Crippen LogP contribution in [0.25, 0.3) is 11.3 Å². The molecule has 1 aromatic carbocycles. The normalized spacial score (nSPS) is 10.4.